The number of carbonyl (C=O) groups is 2. The van der Waals surface area contributed by atoms with Crippen LogP contribution in [0.15, 0.2) is 59.3 Å². The molecule has 8 nitrogen and oxygen atoms in total. The van der Waals surface area contributed by atoms with E-state index in [0.29, 0.717) is 17.4 Å². The smallest absolute Gasteiger partial charge is 0.262 e. The van der Waals surface area contributed by atoms with Gasteiger partial charge in [-0.2, -0.15) is 10.1 Å². The van der Waals surface area contributed by atoms with Crippen molar-refractivity contribution in [1.82, 2.24) is 14.8 Å². The second-order valence-electron chi connectivity index (χ2n) is 6.21. The fourth-order valence-electron chi connectivity index (χ4n) is 2.96. The predicted octanol–water partition coefficient (Wildman–Crippen LogP) is 2.99. The van der Waals surface area contributed by atoms with Crippen LogP contribution < -0.4 is 15.4 Å². The molecule has 3 aromatic rings. The molecule has 142 valence electrons. The monoisotopic (exact) mass is 441 g/mol. The van der Waals surface area contributed by atoms with E-state index in [1.807, 2.05) is 30.3 Å². The molecular weight excluding hydrogens is 426 g/mol. The number of anilines is 2. The maximum Gasteiger partial charge on any atom is 0.262 e. The van der Waals surface area contributed by atoms with Crippen LogP contribution in [0.1, 0.15) is 18.0 Å². The van der Waals surface area contributed by atoms with Gasteiger partial charge < -0.3 is 10.1 Å². The van der Waals surface area contributed by atoms with Gasteiger partial charge in [0.15, 0.2) is 6.61 Å². The van der Waals surface area contributed by atoms with Crippen molar-refractivity contribution in [2.24, 2.45) is 0 Å². The number of halogens is 1. The van der Waals surface area contributed by atoms with Crippen LogP contribution >= 0.6 is 15.9 Å². The molecule has 0 saturated heterocycles. The summed E-state index contributed by atoms with van der Waals surface area (Å²) in [7, 11) is 0. The lowest BCUT2D eigenvalue weighted by Crippen LogP contribution is -2.29. The minimum Gasteiger partial charge on any atom is -0.484 e. The SMILES string of the molecule is O=C(COc1cccc([C@H]2CC(=O)Nc3ncnn32)c1)Nc1ccc(Br)cc1. The summed E-state index contributed by atoms with van der Waals surface area (Å²) < 4.78 is 8.23. The number of nitrogens with zero attached hydrogens (tertiary/aromatic N) is 3. The Morgan fingerprint density at radius 3 is 2.93 bits per heavy atom. The molecule has 0 aliphatic carbocycles. The fourth-order valence-corrected chi connectivity index (χ4v) is 3.22. The van der Waals surface area contributed by atoms with E-state index in [1.165, 1.54) is 6.33 Å². The van der Waals surface area contributed by atoms with Crippen LogP contribution in [-0.4, -0.2) is 33.2 Å². The Hall–Kier alpha value is -3.20. The second-order valence-corrected chi connectivity index (χ2v) is 7.13. The molecule has 0 unspecified atom stereocenters. The van der Waals surface area contributed by atoms with Crippen LogP contribution in [0.3, 0.4) is 0 Å². The lowest BCUT2D eigenvalue weighted by atomic mass is 10.0. The van der Waals surface area contributed by atoms with Crippen LogP contribution in [0.25, 0.3) is 0 Å². The average Bonchev–Trinajstić information content (AvgIpc) is 3.16. The van der Waals surface area contributed by atoms with Crippen molar-refractivity contribution in [3.63, 3.8) is 0 Å². The normalized spacial score (nSPS) is 15.5. The van der Waals surface area contributed by atoms with Gasteiger partial charge in [0.1, 0.15) is 12.1 Å². The van der Waals surface area contributed by atoms with Crippen LogP contribution in [-0.2, 0) is 9.59 Å². The highest BCUT2D eigenvalue weighted by Gasteiger charge is 2.27. The van der Waals surface area contributed by atoms with Crippen molar-refractivity contribution < 1.29 is 14.3 Å². The zero-order chi connectivity index (χ0) is 19.5. The van der Waals surface area contributed by atoms with Crippen molar-refractivity contribution in [2.75, 3.05) is 17.2 Å². The van der Waals surface area contributed by atoms with E-state index in [1.54, 1.807) is 22.9 Å². The zero-order valence-corrected chi connectivity index (χ0v) is 16.2. The van der Waals surface area contributed by atoms with Gasteiger partial charge in [0.05, 0.1) is 12.5 Å². The van der Waals surface area contributed by atoms with Crippen molar-refractivity contribution >= 4 is 39.4 Å². The Morgan fingerprint density at radius 2 is 2.11 bits per heavy atom. The first-order valence-corrected chi connectivity index (χ1v) is 9.35. The molecular formula is C19H16BrN5O3. The Bertz CT molecular complexity index is 1020. The number of rotatable bonds is 5. The maximum atomic E-state index is 12.1. The van der Waals surface area contributed by atoms with E-state index < -0.39 is 0 Å². The van der Waals surface area contributed by atoms with Gasteiger partial charge in [0.2, 0.25) is 11.9 Å². The highest BCUT2D eigenvalue weighted by atomic mass is 79.9. The Kier molecular flexibility index (Phi) is 5.07. The molecule has 1 aliphatic rings. The fraction of sp³-hybridized carbons (Fsp3) is 0.158. The van der Waals surface area contributed by atoms with E-state index in [4.69, 9.17) is 4.74 Å². The second kappa shape index (κ2) is 7.81. The number of nitrogens with one attached hydrogen (secondary N) is 2. The standard InChI is InChI=1S/C19H16BrN5O3/c20-13-4-6-14(7-5-13)23-18(27)10-28-15-3-1-2-12(8-15)16-9-17(26)24-19-21-11-22-25(16)19/h1-8,11,16H,9-10H2,(H,23,27)(H,21,22,24,26)/t16-/m1/s1. The summed E-state index contributed by atoms with van der Waals surface area (Å²) >= 11 is 3.35. The summed E-state index contributed by atoms with van der Waals surface area (Å²) in [6.45, 7) is -0.126. The molecule has 0 bridgehead atoms. The van der Waals surface area contributed by atoms with Crippen LogP contribution in [0, 0.1) is 0 Å². The molecule has 1 aromatic heterocycles. The highest BCUT2D eigenvalue weighted by molar-refractivity contribution is 9.10. The van der Waals surface area contributed by atoms with E-state index in [-0.39, 0.29) is 30.9 Å². The van der Waals surface area contributed by atoms with E-state index in [2.05, 4.69) is 36.6 Å². The summed E-state index contributed by atoms with van der Waals surface area (Å²) in [5, 5.41) is 9.65. The number of amides is 2. The minimum atomic E-state index is -0.272. The molecule has 0 radical (unpaired) electrons. The Balaban J connectivity index is 1.42. The number of benzene rings is 2. The molecule has 0 fully saturated rings. The summed E-state index contributed by atoms with van der Waals surface area (Å²) in [6, 6.07) is 14.3. The van der Waals surface area contributed by atoms with Crippen LogP contribution in [0.5, 0.6) is 5.75 Å². The first-order chi connectivity index (χ1) is 13.6. The summed E-state index contributed by atoms with van der Waals surface area (Å²) in [6.07, 6.45) is 1.66. The first kappa shape index (κ1) is 18.2. The molecule has 1 atom stereocenters. The third kappa shape index (κ3) is 4.04. The lowest BCUT2D eigenvalue weighted by Gasteiger charge is -2.24. The summed E-state index contributed by atoms with van der Waals surface area (Å²) in [4.78, 5) is 28.1. The van der Waals surface area contributed by atoms with Crippen LogP contribution in [0.2, 0.25) is 0 Å². The molecule has 4 rings (SSSR count). The predicted molar refractivity (Wildman–Crippen MR) is 106 cm³/mol. The van der Waals surface area contributed by atoms with E-state index in [9.17, 15) is 9.59 Å². The van der Waals surface area contributed by atoms with Crippen molar-refractivity contribution in [1.29, 1.82) is 0 Å². The maximum absolute atomic E-state index is 12.1. The summed E-state index contributed by atoms with van der Waals surface area (Å²) in [5.41, 5.74) is 1.55. The molecule has 2 N–H and O–H groups in total. The highest BCUT2D eigenvalue weighted by Crippen LogP contribution is 2.30. The topological polar surface area (TPSA) is 98.1 Å². The van der Waals surface area contributed by atoms with E-state index in [0.717, 1.165) is 10.0 Å². The first-order valence-electron chi connectivity index (χ1n) is 8.56. The van der Waals surface area contributed by atoms with Gasteiger partial charge in [-0.25, -0.2) is 4.68 Å². The Morgan fingerprint density at radius 1 is 1.29 bits per heavy atom. The minimum absolute atomic E-state index is 0.120. The van der Waals surface area contributed by atoms with E-state index >= 15 is 0 Å². The van der Waals surface area contributed by atoms with Crippen molar-refractivity contribution in [2.45, 2.75) is 12.5 Å². The number of fused-ring (bicyclic) bond motifs is 1. The number of carbonyl (C=O) groups excluding carboxylic acids is 2. The van der Waals surface area contributed by atoms with Gasteiger partial charge >= 0.3 is 0 Å². The quantitative estimate of drug-likeness (QED) is 0.633. The average molecular weight is 442 g/mol. The number of aromatic nitrogens is 3. The van der Waals surface area contributed by atoms with Gasteiger partial charge in [-0.3, -0.25) is 14.9 Å². The van der Waals surface area contributed by atoms with Gasteiger partial charge in [-0.05, 0) is 42.0 Å². The Labute approximate surface area is 169 Å². The van der Waals surface area contributed by atoms with Gasteiger partial charge in [0.25, 0.3) is 5.91 Å². The molecule has 28 heavy (non-hydrogen) atoms. The molecule has 0 saturated carbocycles. The molecule has 2 aromatic carbocycles. The lowest BCUT2D eigenvalue weighted by molar-refractivity contribution is -0.118. The molecule has 2 amide bonds. The van der Waals surface area contributed by atoms with Gasteiger partial charge in [-0.15, -0.1) is 0 Å². The third-order valence-electron chi connectivity index (χ3n) is 4.24. The number of ether oxygens (including phenoxy) is 1. The van der Waals surface area contributed by atoms with Crippen molar-refractivity contribution in [3.05, 3.63) is 64.9 Å². The van der Waals surface area contributed by atoms with Crippen molar-refractivity contribution in [3.8, 4) is 5.75 Å². The molecule has 1 aliphatic heterocycles. The molecule has 2 heterocycles. The zero-order valence-electron chi connectivity index (χ0n) is 14.6. The number of hydrogen-bond donors (Lipinski definition) is 2. The number of hydrogen-bond acceptors (Lipinski definition) is 5. The van der Waals surface area contributed by atoms with Crippen LogP contribution in [0.4, 0.5) is 11.6 Å². The van der Waals surface area contributed by atoms with Gasteiger partial charge in [0, 0.05) is 10.2 Å². The van der Waals surface area contributed by atoms with Gasteiger partial charge in [-0.1, -0.05) is 28.1 Å². The third-order valence-corrected chi connectivity index (χ3v) is 4.77. The summed E-state index contributed by atoms with van der Waals surface area (Å²) in [5.74, 6) is 0.576. The molecule has 9 heteroatoms. The largest absolute Gasteiger partial charge is 0.484 e. The molecule has 0 spiro atoms.